The number of anilines is 1. The monoisotopic (exact) mass is 220 g/mol. The van der Waals surface area contributed by atoms with Crippen LogP contribution < -0.4 is 15.5 Å². The van der Waals surface area contributed by atoms with Crippen molar-refractivity contribution in [3.05, 3.63) is 15.3 Å². The highest BCUT2D eigenvalue weighted by Crippen LogP contribution is 2.15. The zero-order valence-electron chi connectivity index (χ0n) is 9.42. The molecule has 1 heterocycles. The highest BCUT2D eigenvalue weighted by atomic mass is 32.1. The number of hydrogen-bond donors (Lipinski definition) is 1. The summed E-state index contributed by atoms with van der Waals surface area (Å²) in [6.07, 6.45) is 4.30. The van der Waals surface area contributed by atoms with Gasteiger partial charge in [0.05, 0.1) is 5.56 Å². The second-order valence-electron chi connectivity index (χ2n) is 3.22. The van der Waals surface area contributed by atoms with Crippen molar-refractivity contribution in [3.63, 3.8) is 0 Å². The molecule has 0 fully saturated rings. The van der Waals surface area contributed by atoms with Gasteiger partial charge in [0.15, 0.2) is 0 Å². The molecule has 0 saturated heterocycles. The van der Waals surface area contributed by atoms with E-state index in [1.54, 1.807) is 0 Å². The van der Waals surface area contributed by atoms with E-state index in [4.69, 9.17) is 11.0 Å². The van der Waals surface area contributed by atoms with Crippen LogP contribution in [-0.2, 0) is 0 Å². The van der Waals surface area contributed by atoms with Crippen molar-refractivity contribution >= 4 is 28.0 Å². The molecule has 1 aliphatic rings. The van der Waals surface area contributed by atoms with Crippen molar-refractivity contribution in [2.75, 3.05) is 5.73 Å². The van der Waals surface area contributed by atoms with Crippen LogP contribution in [0.2, 0.25) is 0 Å². The molecule has 15 heavy (non-hydrogen) atoms. The van der Waals surface area contributed by atoms with Crippen molar-refractivity contribution in [2.45, 2.75) is 33.6 Å². The molecule has 0 spiro atoms. The number of rotatable bonds is 0. The Bertz CT molecular complexity index is 503. The molecule has 2 nitrogen and oxygen atoms in total. The van der Waals surface area contributed by atoms with Crippen LogP contribution >= 0.6 is 11.3 Å². The van der Waals surface area contributed by atoms with E-state index in [1.165, 1.54) is 21.4 Å². The first-order valence-electron chi connectivity index (χ1n) is 5.22. The number of nitrogens with two attached hydrogens (primary N) is 1. The summed E-state index contributed by atoms with van der Waals surface area (Å²) in [6, 6.07) is 2.18. The zero-order chi connectivity index (χ0) is 11.4. The third kappa shape index (κ3) is 2.05. The first-order valence-corrected chi connectivity index (χ1v) is 6.04. The van der Waals surface area contributed by atoms with Crippen LogP contribution in [0.3, 0.4) is 0 Å². The van der Waals surface area contributed by atoms with Gasteiger partial charge in [0.25, 0.3) is 0 Å². The molecule has 80 valence electrons. The second-order valence-corrected chi connectivity index (χ2v) is 4.30. The number of nitrogen functional groups attached to an aromatic ring is 1. The first-order chi connectivity index (χ1) is 7.24. The Hall–Kier alpha value is -1.27. The van der Waals surface area contributed by atoms with E-state index in [0.717, 1.165) is 18.1 Å². The number of hydrogen-bond acceptors (Lipinski definition) is 3. The molecule has 1 aromatic heterocycles. The van der Waals surface area contributed by atoms with Crippen LogP contribution in [0.25, 0.3) is 11.6 Å². The lowest BCUT2D eigenvalue weighted by molar-refractivity contribution is 1.07. The van der Waals surface area contributed by atoms with Gasteiger partial charge in [-0.3, -0.25) is 0 Å². The highest BCUT2D eigenvalue weighted by Gasteiger charge is 2.10. The molecule has 2 N–H and O–H groups in total. The summed E-state index contributed by atoms with van der Waals surface area (Å²) >= 11 is 1.52. The largest absolute Gasteiger partial charge is 0.389 e. The first kappa shape index (κ1) is 11.8. The molecule has 0 aliphatic heterocycles. The lowest BCUT2D eigenvalue weighted by atomic mass is 10.0. The van der Waals surface area contributed by atoms with E-state index in [1.807, 2.05) is 13.8 Å². The second kappa shape index (κ2) is 4.99. The van der Waals surface area contributed by atoms with Gasteiger partial charge in [-0.25, -0.2) is 0 Å². The molecule has 1 aliphatic carbocycles. The Morgan fingerprint density at radius 3 is 2.73 bits per heavy atom. The number of nitrogens with zero attached hydrogens (tertiary/aromatic N) is 1. The lowest BCUT2D eigenvalue weighted by Gasteiger charge is -2.01. The van der Waals surface area contributed by atoms with Crippen molar-refractivity contribution in [3.8, 4) is 6.07 Å². The predicted molar refractivity (Wildman–Crippen MR) is 66.8 cm³/mol. The minimum Gasteiger partial charge on any atom is -0.389 e. The standard InChI is InChI=1S/C10H10N2S.C2H6/c1-6-3-2-4-8-9(6)7(5-11)10(12)13-8;1-2/h4H,2-3,12H2,1H3;1-2H3. The van der Waals surface area contributed by atoms with Gasteiger partial charge in [0, 0.05) is 9.75 Å². The Morgan fingerprint density at radius 2 is 2.13 bits per heavy atom. The summed E-state index contributed by atoms with van der Waals surface area (Å²) in [6.45, 7) is 6.08. The normalized spacial score (nSPS) is 13.1. The van der Waals surface area contributed by atoms with Crippen LogP contribution in [0, 0.1) is 11.3 Å². The van der Waals surface area contributed by atoms with Gasteiger partial charge in [0.1, 0.15) is 11.1 Å². The summed E-state index contributed by atoms with van der Waals surface area (Å²) in [5.41, 5.74) is 7.72. The van der Waals surface area contributed by atoms with Crippen LogP contribution in [0.5, 0.6) is 0 Å². The molecule has 0 bridgehead atoms. The molecule has 0 aromatic carbocycles. The molecule has 0 saturated carbocycles. The molecule has 0 atom stereocenters. The zero-order valence-corrected chi connectivity index (χ0v) is 10.2. The fourth-order valence-corrected chi connectivity index (χ4v) is 2.76. The highest BCUT2D eigenvalue weighted by molar-refractivity contribution is 7.14. The minimum absolute atomic E-state index is 0.657. The number of fused-ring (bicyclic) bond motifs is 1. The topological polar surface area (TPSA) is 49.8 Å². The van der Waals surface area contributed by atoms with Gasteiger partial charge in [0.2, 0.25) is 0 Å². The summed E-state index contributed by atoms with van der Waals surface area (Å²) in [5, 5.41) is 10.7. The van der Waals surface area contributed by atoms with E-state index in [0.29, 0.717) is 10.6 Å². The Balaban J connectivity index is 0.000000531. The molecule has 0 amide bonds. The van der Waals surface area contributed by atoms with Crippen molar-refractivity contribution < 1.29 is 0 Å². The van der Waals surface area contributed by atoms with Gasteiger partial charge in [-0.2, -0.15) is 5.26 Å². The lowest BCUT2D eigenvalue weighted by Crippen LogP contribution is -2.25. The molecule has 2 rings (SSSR count). The number of thiophene rings is 1. The van der Waals surface area contributed by atoms with E-state index in [2.05, 4.69) is 19.1 Å². The van der Waals surface area contributed by atoms with Crippen molar-refractivity contribution in [1.29, 1.82) is 5.26 Å². The van der Waals surface area contributed by atoms with E-state index >= 15 is 0 Å². The van der Waals surface area contributed by atoms with E-state index < -0.39 is 0 Å². The average Bonchev–Trinajstić information content (AvgIpc) is 2.58. The summed E-state index contributed by atoms with van der Waals surface area (Å²) in [5.74, 6) is 0. The summed E-state index contributed by atoms with van der Waals surface area (Å²) in [4.78, 5) is 0. The molecular weight excluding hydrogens is 204 g/mol. The third-order valence-corrected chi connectivity index (χ3v) is 3.37. The molecule has 0 unspecified atom stereocenters. The minimum atomic E-state index is 0.657. The smallest absolute Gasteiger partial charge is 0.105 e. The van der Waals surface area contributed by atoms with E-state index in [-0.39, 0.29) is 0 Å². The maximum absolute atomic E-state index is 8.93. The Labute approximate surface area is 94.3 Å². The van der Waals surface area contributed by atoms with Crippen LogP contribution in [-0.4, -0.2) is 0 Å². The summed E-state index contributed by atoms with van der Waals surface area (Å²) < 4.78 is 1.18. The van der Waals surface area contributed by atoms with Crippen LogP contribution in [0.15, 0.2) is 0 Å². The predicted octanol–water partition coefficient (Wildman–Crippen LogP) is 1.97. The van der Waals surface area contributed by atoms with Crippen molar-refractivity contribution in [1.82, 2.24) is 0 Å². The van der Waals surface area contributed by atoms with Crippen LogP contribution in [0.1, 0.15) is 39.2 Å². The Kier molecular flexibility index (Phi) is 3.93. The maximum atomic E-state index is 8.93. The molecule has 3 heteroatoms. The van der Waals surface area contributed by atoms with Gasteiger partial charge < -0.3 is 5.73 Å². The molecular formula is C12H16N2S. The maximum Gasteiger partial charge on any atom is 0.105 e. The fraction of sp³-hybridized carbons (Fsp3) is 0.417. The quantitative estimate of drug-likeness (QED) is 0.726. The van der Waals surface area contributed by atoms with Gasteiger partial charge >= 0.3 is 0 Å². The van der Waals surface area contributed by atoms with Gasteiger partial charge in [-0.15, -0.1) is 11.3 Å². The average molecular weight is 220 g/mol. The molecule has 1 aromatic rings. The molecule has 0 radical (unpaired) electrons. The Morgan fingerprint density at radius 1 is 1.47 bits per heavy atom. The van der Waals surface area contributed by atoms with Gasteiger partial charge in [-0.05, 0) is 19.8 Å². The van der Waals surface area contributed by atoms with Gasteiger partial charge in [-0.1, -0.05) is 25.5 Å². The number of nitriles is 1. The fourth-order valence-electron chi connectivity index (χ4n) is 1.69. The SMILES string of the molecule is CC.CC1=c2c(C#N)c(N)sc2=CCC1. The van der Waals surface area contributed by atoms with E-state index in [9.17, 15) is 0 Å². The van der Waals surface area contributed by atoms with Crippen LogP contribution in [0.4, 0.5) is 5.00 Å². The summed E-state index contributed by atoms with van der Waals surface area (Å²) in [7, 11) is 0. The van der Waals surface area contributed by atoms with Crippen molar-refractivity contribution in [2.24, 2.45) is 0 Å². The third-order valence-electron chi connectivity index (χ3n) is 2.35.